The van der Waals surface area contributed by atoms with Crippen LogP contribution in [0.5, 0.6) is 0 Å². The van der Waals surface area contributed by atoms with Crippen molar-refractivity contribution < 1.29 is 23.9 Å². The Morgan fingerprint density at radius 1 is 1.12 bits per heavy atom. The molecule has 0 saturated heterocycles. The van der Waals surface area contributed by atoms with Crippen LogP contribution in [-0.2, 0) is 14.3 Å². The molecule has 1 aromatic carbocycles. The second-order valence-corrected chi connectivity index (χ2v) is 6.32. The van der Waals surface area contributed by atoms with Gasteiger partial charge in [0.2, 0.25) is 5.91 Å². The number of halogens is 1. The van der Waals surface area contributed by atoms with E-state index >= 15 is 0 Å². The summed E-state index contributed by atoms with van der Waals surface area (Å²) >= 11 is 3.35. The molecule has 1 N–H and O–H groups in total. The first-order chi connectivity index (χ1) is 12.3. The maximum absolute atomic E-state index is 12.6. The van der Waals surface area contributed by atoms with Crippen LogP contribution < -0.4 is 5.32 Å². The van der Waals surface area contributed by atoms with E-state index in [1.54, 1.807) is 17.8 Å². The van der Waals surface area contributed by atoms with Crippen LogP contribution in [0.25, 0.3) is 0 Å². The van der Waals surface area contributed by atoms with Gasteiger partial charge in [-0.15, -0.1) is 0 Å². The number of ether oxygens (including phenoxy) is 2. The van der Waals surface area contributed by atoms with Gasteiger partial charge in [-0.05, 0) is 48.0 Å². The molecule has 2 rings (SSSR count). The van der Waals surface area contributed by atoms with E-state index in [1.165, 1.54) is 32.4 Å². The minimum atomic E-state index is -0.633. The Bertz CT molecular complexity index is 828. The average Bonchev–Trinajstić information content (AvgIpc) is 2.98. The van der Waals surface area contributed by atoms with Crippen LogP contribution in [0.4, 0.5) is 5.69 Å². The van der Waals surface area contributed by atoms with Crippen molar-refractivity contribution in [3.8, 4) is 0 Å². The number of amides is 1. The molecule has 0 spiro atoms. The summed E-state index contributed by atoms with van der Waals surface area (Å²) < 4.78 is 11.7. The molecular formula is C17H18BrN3O5. The summed E-state index contributed by atoms with van der Waals surface area (Å²) in [5.41, 5.74) is 1.31. The number of rotatable bonds is 5. The Morgan fingerprint density at radius 3 is 2.08 bits per heavy atom. The Hall–Kier alpha value is -2.68. The molecule has 0 fully saturated rings. The van der Waals surface area contributed by atoms with Crippen LogP contribution in [0.3, 0.4) is 0 Å². The van der Waals surface area contributed by atoms with Crippen molar-refractivity contribution in [1.82, 2.24) is 9.78 Å². The molecule has 1 heterocycles. The third kappa shape index (κ3) is 4.10. The van der Waals surface area contributed by atoms with E-state index in [0.29, 0.717) is 0 Å². The van der Waals surface area contributed by atoms with Gasteiger partial charge in [-0.3, -0.25) is 9.48 Å². The molecule has 0 bridgehead atoms. The number of esters is 2. The smallest absolute Gasteiger partial charge is 0.337 e. The summed E-state index contributed by atoms with van der Waals surface area (Å²) in [7, 11) is 2.46. The third-order valence-corrected chi connectivity index (χ3v) is 4.55. The number of hydrogen-bond donors (Lipinski definition) is 1. The fourth-order valence-electron chi connectivity index (χ4n) is 2.32. The highest BCUT2D eigenvalue weighted by Crippen LogP contribution is 2.21. The zero-order chi connectivity index (χ0) is 19.4. The van der Waals surface area contributed by atoms with Gasteiger partial charge in [-0.25, -0.2) is 9.59 Å². The number of nitrogens with zero attached hydrogens (tertiary/aromatic N) is 2. The lowest BCUT2D eigenvalue weighted by Gasteiger charge is -2.15. The number of anilines is 1. The molecule has 0 saturated carbocycles. The van der Waals surface area contributed by atoms with Gasteiger partial charge in [0.05, 0.1) is 41.7 Å². The topological polar surface area (TPSA) is 99.5 Å². The monoisotopic (exact) mass is 423 g/mol. The van der Waals surface area contributed by atoms with Gasteiger partial charge in [0.25, 0.3) is 0 Å². The minimum Gasteiger partial charge on any atom is -0.465 e. The van der Waals surface area contributed by atoms with Crippen molar-refractivity contribution >= 4 is 39.5 Å². The van der Waals surface area contributed by atoms with Gasteiger partial charge in [0, 0.05) is 5.69 Å². The molecule has 0 radical (unpaired) electrons. The second-order valence-electron chi connectivity index (χ2n) is 5.47. The van der Waals surface area contributed by atoms with Gasteiger partial charge in [-0.1, -0.05) is 0 Å². The number of aromatic nitrogens is 2. The molecular weight excluding hydrogens is 406 g/mol. The Balaban J connectivity index is 2.32. The standard InChI is InChI=1S/C17H18BrN3O5/c1-9-14(18)8-19-21(9)10(2)15(22)20-13-6-11(16(23)25-3)5-12(7-13)17(24)26-4/h5-8,10H,1-4H3,(H,20,22). The van der Waals surface area contributed by atoms with Crippen molar-refractivity contribution in [2.75, 3.05) is 19.5 Å². The number of carbonyl (C=O) groups is 3. The van der Waals surface area contributed by atoms with Crippen molar-refractivity contribution in [2.45, 2.75) is 19.9 Å². The van der Waals surface area contributed by atoms with Crippen LogP contribution in [0.2, 0.25) is 0 Å². The van der Waals surface area contributed by atoms with E-state index in [2.05, 4.69) is 35.8 Å². The lowest BCUT2D eigenvalue weighted by atomic mass is 10.1. The second kappa shape index (κ2) is 8.13. The summed E-state index contributed by atoms with van der Waals surface area (Å²) in [6, 6.07) is 3.58. The van der Waals surface area contributed by atoms with E-state index in [-0.39, 0.29) is 22.7 Å². The molecule has 138 valence electrons. The van der Waals surface area contributed by atoms with Gasteiger partial charge in [0.1, 0.15) is 6.04 Å². The first-order valence-electron chi connectivity index (χ1n) is 7.60. The highest BCUT2D eigenvalue weighted by atomic mass is 79.9. The summed E-state index contributed by atoms with van der Waals surface area (Å²) in [6.07, 6.45) is 1.60. The zero-order valence-electron chi connectivity index (χ0n) is 14.7. The number of benzene rings is 1. The molecule has 26 heavy (non-hydrogen) atoms. The molecule has 1 unspecified atom stereocenters. The van der Waals surface area contributed by atoms with Crippen LogP contribution >= 0.6 is 15.9 Å². The third-order valence-electron chi connectivity index (χ3n) is 3.77. The van der Waals surface area contributed by atoms with E-state index in [0.717, 1.165) is 10.2 Å². The van der Waals surface area contributed by atoms with E-state index in [9.17, 15) is 14.4 Å². The van der Waals surface area contributed by atoms with E-state index < -0.39 is 18.0 Å². The average molecular weight is 424 g/mol. The molecule has 1 aromatic heterocycles. The first kappa shape index (κ1) is 19.6. The lowest BCUT2D eigenvalue weighted by molar-refractivity contribution is -0.119. The van der Waals surface area contributed by atoms with Crippen molar-refractivity contribution in [3.05, 3.63) is 45.7 Å². The number of nitrogens with one attached hydrogen (secondary N) is 1. The molecule has 0 aliphatic heterocycles. The predicted octanol–water partition coefficient (Wildman–Crippen LogP) is 2.73. The normalized spacial score (nSPS) is 11.6. The fourth-order valence-corrected chi connectivity index (χ4v) is 2.59. The zero-order valence-corrected chi connectivity index (χ0v) is 16.3. The maximum atomic E-state index is 12.6. The molecule has 0 aliphatic rings. The highest BCUT2D eigenvalue weighted by Gasteiger charge is 2.20. The quantitative estimate of drug-likeness (QED) is 0.742. The number of carbonyl (C=O) groups excluding carboxylic acids is 3. The summed E-state index contributed by atoms with van der Waals surface area (Å²) in [6.45, 7) is 3.52. The summed E-state index contributed by atoms with van der Waals surface area (Å²) in [5, 5.41) is 6.84. The highest BCUT2D eigenvalue weighted by molar-refractivity contribution is 9.10. The van der Waals surface area contributed by atoms with Gasteiger partial charge in [-0.2, -0.15) is 5.10 Å². The summed E-state index contributed by atoms with van der Waals surface area (Å²) in [4.78, 5) is 36.2. The molecule has 2 aromatic rings. The summed E-state index contributed by atoms with van der Waals surface area (Å²) in [5.74, 6) is -1.63. The van der Waals surface area contributed by atoms with Crippen molar-refractivity contribution in [1.29, 1.82) is 0 Å². The van der Waals surface area contributed by atoms with Crippen molar-refractivity contribution in [3.63, 3.8) is 0 Å². The molecule has 1 amide bonds. The maximum Gasteiger partial charge on any atom is 0.337 e. The predicted molar refractivity (Wildman–Crippen MR) is 97.1 cm³/mol. The van der Waals surface area contributed by atoms with E-state index in [1.807, 2.05) is 6.92 Å². The van der Waals surface area contributed by atoms with Crippen LogP contribution in [-0.4, -0.2) is 41.8 Å². The van der Waals surface area contributed by atoms with Crippen molar-refractivity contribution in [2.24, 2.45) is 0 Å². The number of methoxy groups -OCH3 is 2. The number of hydrogen-bond acceptors (Lipinski definition) is 6. The first-order valence-corrected chi connectivity index (χ1v) is 8.40. The minimum absolute atomic E-state index is 0.122. The molecule has 1 atom stereocenters. The molecule has 8 nitrogen and oxygen atoms in total. The largest absolute Gasteiger partial charge is 0.465 e. The Morgan fingerprint density at radius 2 is 1.65 bits per heavy atom. The van der Waals surface area contributed by atoms with Crippen LogP contribution in [0.15, 0.2) is 28.9 Å². The van der Waals surface area contributed by atoms with E-state index in [4.69, 9.17) is 0 Å². The fraction of sp³-hybridized carbons (Fsp3) is 0.294. The Kier molecular flexibility index (Phi) is 6.14. The van der Waals surface area contributed by atoms with Crippen LogP contribution in [0, 0.1) is 6.92 Å². The van der Waals surface area contributed by atoms with Gasteiger partial charge in [0.15, 0.2) is 0 Å². The van der Waals surface area contributed by atoms with Crippen LogP contribution in [0.1, 0.15) is 39.4 Å². The molecule has 9 heteroatoms. The SMILES string of the molecule is COC(=O)c1cc(NC(=O)C(C)n2ncc(Br)c2C)cc(C(=O)OC)c1. The van der Waals surface area contributed by atoms with Gasteiger partial charge >= 0.3 is 11.9 Å². The van der Waals surface area contributed by atoms with Gasteiger partial charge < -0.3 is 14.8 Å². The molecule has 0 aliphatic carbocycles. The Labute approximate surface area is 158 Å². The lowest BCUT2D eigenvalue weighted by Crippen LogP contribution is -2.25.